The van der Waals surface area contributed by atoms with Gasteiger partial charge in [0.2, 0.25) is 0 Å². The van der Waals surface area contributed by atoms with Gasteiger partial charge in [-0.3, -0.25) is 4.79 Å². The van der Waals surface area contributed by atoms with Crippen LogP contribution in [0.4, 0.5) is 5.69 Å². The van der Waals surface area contributed by atoms with Gasteiger partial charge in [-0.25, -0.2) is 4.79 Å². The fourth-order valence-electron chi connectivity index (χ4n) is 3.39. The second-order valence-corrected chi connectivity index (χ2v) is 6.99. The maximum atomic E-state index is 12.6. The van der Waals surface area contributed by atoms with Crippen LogP contribution >= 0.6 is 0 Å². The van der Waals surface area contributed by atoms with Crippen molar-refractivity contribution >= 4 is 29.2 Å². The Bertz CT molecular complexity index is 1110. The minimum atomic E-state index is -0.360. The average molecular weight is 399 g/mol. The lowest BCUT2D eigenvalue weighted by Crippen LogP contribution is -2.20. The Morgan fingerprint density at radius 2 is 1.67 bits per heavy atom. The van der Waals surface area contributed by atoms with Gasteiger partial charge in [0, 0.05) is 18.2 Å². The third-order valence-corrected chi connectivity index (χ3v) is 5.06. The highest BCUT2D eigenvalue weighted by atomic mass is 16.5. The number of carbonyl (C=O) groups excluding carboxylic acids is 2. The summed E-state index contributed by atoms with van der Waals surface area (Å²) in [4.78, 5) is 25.7. The van der Waals surface area contributed by atoms with Crippen LogP contribution in [0.25, 0.3) is 11.6 Å². The fraction of sp³-hybridized carbons (Fsp3) is 0.120. The molecule has 4 rings (SSSR count). The Morgan fingerprint density at radius 3 is 2.37 bits per heavy atom. The second kappa shape index (κ2) is 8.25. The van der Waals surface area contributed by atoms with Gasteiger partial charge in [-0.2, -0.15) is 0 Å². The number of methoxy groups -OCH3 is 1. The van der Waals surface area contributed by atoms with E-state index in [0.29, 0.717) is 17.7 Å². The number of amides is 1. The summed E-state index contributed by atoms with van der Waals surface area (Å²) in [5.74, 6) is 0.359. The third kappa shape index (κ3) is 3.82. The molecular formula is C25H21NO4. The zero-order chi connectivity index (χ0) is 21.1. The first-order valence-electron chi connectivity index (χ1n) is 9.56. The van der Waals surface area contributed by atoms with Gasteiger partial charge in [-0.05, 0) is 47.5 Å². The van der Waals surface area contributed by atoms with Gasteiger partial charge in [-0.15, -0.1) is 0 Å². The summed E-state index contributed by atoms with van der Waals surface area (Å²) in [5.41, 5.74) is 4.94. The van der Waals surface area contributed by atoms with Gasteiger partial charge in [0.05, 0.1) is 18.4 Å². The van der Waals surface area contributed by atoms with E-state index in [0.717, 1.165) is 28.1 Å². The number of nitrogens with zero attached hydrogens (tertiary/aromatic N) is 1. The number of anilines is 1. The molecule has 3 aromatic carbocycles. The summed E-state index contributed by atoms with van der Waals surface area (Å²) < 4.78 is 10.5. The zero-order valence-corrected chi connectivity index (χ0v) is 16.8. The molecule has 0 bridgehead atoms. The minimum absolute atomic E-state index is 0.00747. The Balaban J connectivity index is 1.44. The van der Waals surface area contributed by atoms with Crippen LogP contribution in [0.2, 0.25) is 0 Å². The van der Waals surface area contributed by atoms with Crippen molar-refractivity contribution in [3.63, 3.8) is 0 Å². The second-order valence-electron chi connectivity index (χ2n) is 6.99. The van der Waals surface area contributed by atoms with Crippen LogP contribution in [0.15, 0.2) is 72.8 Å². The van der Waals surface area contributed by atoms with E-state index in [1.165, 1.54) is 7.11 Å². The standard InChI is InChI=1S/C25H21NO4/c1-26-23-6-4-3-5-21(23)22(24(26)27)15-17-9-13-20(14-10-17)30-16-18-7-11-19(12-8-18)25(28)29-2/h3-15H,16H2,1-2H3/b22-15+. The molecule has 5 heteroatoms. The van der Waals surface area contributed by atoms with E-state index in [-0.39, 0.29) is 11.9 Å². The van der Waals surface area contributed by atoms with E-state index >= 15 is 0 Å². The smallest absolute Gasteiger partial charge is 0.337 e. The van der Waals surface area contributed by atoms with Crippen molar-refractivity contribution in [1.29, 1.82) is 0 Å². The molecule has 0 aromatic heterocycles. The minimum Gasteiger partial charge on any atom is -0.489 e. The van der Waals surface area contributed by atoms with Crippen molar-refractivity contribution in [2.75, 3.05) is 19.1 Å². The van der Waals surface area contributed by atoms with E-state index < -0.39 is 0 Å². The largest absolute Gasteiger partial charge is 0.489 e. The molecule has 0 radical (unpaired) electrons. The highest BCUT2D eigenvalue weighted by molar-refractivity contribution is 6.35. The Labute approximate surface area is 175 Å². The van der Waals surface area contributed by atoms with Crippen LogP contribution in [0.5, 0.6) is 5.75 Å². The summed E-state index contributed by atoms with van der Waals surface area (Å²) in [5, 5.41) is 0. The van der Waals surface area contributed by atoms with Gasteiger partial charge in [-0.1, -0.05) is 42.5 Å². The average Bonchev–Trinajstić information content (AvgIpc) is 3.03. The first-order valence-corrected chi connectivity index (χ1v) is 9.56. The maximum absolute atomic E-state index is 12.6. The van der Waals surface area contributed by atoms with Crippen LogP contribution in [0, 0.1) is 0 Å². The molecule has 1 aliphatic rings. The molecule has 0 saturated carbocycles. The molecule has 1 amide bonds. The van der Waals surface area contributed by atoms with Crippen molar-refractivity contribution < 1.29 is 19.1 Å². The molecule has 0 spiro atoms. The van der Waals surface area contributed by atoms with Gasteiger partial charge < -0.3 is 14.4 Å². The molecule has 3 aromatic rings. The summed E-state index contributed by atoms with van der Waals surface area (Å²) in [6.07, 6.45) is 1.90. The van der Waals surface area contributed by atoms with Gasteiger partial charge in [0.25, 0.3) is 5.91 Å². The van der Waals surface area contributed by atoms with Gasteiger partial charge in [0.1, 0.15) is 12.4 Å². The van der Waals surface area contributed by atoms with Gasteiger partial charge >= 0.3 is 5.97 Å². The van der Waals surface area contributed by atoms with Crippen molar-refractivity contribution in [2.45, 2.75) is 6.61 Å². The van der Waals surface area contributed by atoms with Crippen LogP contribution < -0.4 is 9.64 Å². The number of esters is 1. The fourth-order valence-corrected chi connectivity index (χ4v) is 3.39. The number of fused-ring (bicyclic) bond motifs is 1. The van der Waals surface area contributed by atoms with Crippen LogP contribution in [0.3, 0.4) is 0 Å². The van der Waals surface area contributed by atoms with E-state index in [9.17, 15) is 9.59 Å². The molecule has 150 valence electrons. The van der Waals surface area contributed by atoms with Crippen LogP contribution in [0.1, 0.15) is 27.0 Å². The predicted molar refractivity (Wildman–Crippen MR) is 116 cm³/mol. The number of carbonyl (C=O) groups is 2. The van der Waals surface area contributed by atoms with Crippen molar-refractivity contribution in [2.24, 2.45) is 0 Å². The van der Waals surface area contributed by atoms with Crippen molar-refractivity contribution in [3.8, 4) is 5.75 Å². The third-order valence-electron chi connectivity index (χ3n) is 5.06. The topological polar surface area (TPSA) is 55.8 Å². The lowest BCUT2D eigenvalue weighted by molar-refractivity contribution is -0.112. The summed E-state index contributed by atoms with van der Waals surface area (Å²) >= 11 is 0. The molecule has 0 N–H and O–H groups in total. The Morgan fingerprint density at radius 1 is 0.967 bits per heavy atom. The first kappa shape index (κ1) is 19.5. The van der Waals surface area contributed by atoms with Crippen LogP contribution in [-0.4, -0.2) is 26.0 Å². The predicted octanol–water partition coefficient (Wildman–Crippen LogP) is 4.57. The SMILES string of the molecule is COC(=O)c1ccc(COc2ccc(/C=C3/C(=O)N(C)c4ccccc43)cc2)cc1. The molecule has 1 heterocycles. The molecule has 0 aliphatic carbocycles. The normalized spacial score (nSPS) is 14.0. The number of hydrogen-bond donors (Lipinski definition) is 0. The summed E-state index contributed by atoms with van der Waals surface area (Å²) in [6.45, 7) is 0.387. The molecule has 0 fully saturated rings. The maximum Gasteiger partial charge on any atom is 0.337 e. The van der Waals surface area contributed by atoms with Gasteiger partial charge in [0.15, 0.2) is 0 Å². The number of ether oxygens (including phenoxy) is 2. The Kier molecular flexibility index (Phi) is 5.35. The molecule has 30 heavy (non-hydrogen) atoms. The van der Waals surface area contributed by atoms with Crippen LogP contribution in [-0.2, 0) is 16.1 Å². The lowest BCUT2D eigenvalue weighted by atomic mass is 10.0. The summed E-state index contributed by atoms with van der Waals surface area (Å²) in [7, 11) is 3.15. The monoisotopic (exact) mass is 399 g/mol. The molecule has 5 nitrogen and oxygen atoms in total. The number of hydrogen-bond acceptors (Lipinski definition) is 4. The van der Waals surface area contributed by atoms with Crippen molar-refractivity contribution in [3.05, 3.63) is 95.1 Å². The lowest BCUT2D eigenvalue weighted by Gasteiger charge is -2.08. The molecule has 0 unspecified atom stereocenters. The van der Waals surface area contributed by atoms with E-state index in [1.54, 1.807) is 24.1 Å². The van der Waals surface area contributed by atoms with E-state index in [2.05, 4.69) is 0 Å². The number of rotatable bonds is 5. The highest BCUT2D eigenvalue weighted by Gasteiger charge is 2.28. The zero-order valence-electron chi connectivity index (χ0n) is 16.8. The quantitative estimate of drug-likeness (QED) is 0.466. The van der Waals surface area contributed by atoms with E-state index in [1.807, 2.05) is 66.7 Å². The number of para-hydroxylation sites is 1. The molecule has 0 atom stereocenters. The Hall–Kier alpha value is -3.86. The summed E-state index contributed by atoms with van der Waals surface area (Å²) in [6, 6.07) is 22.5. The number of benzene rings is 3. The highest BCUT2D eigenvalue weighted by Crippen LogP contribution is 2.36. The first-order chi connectivity index (χ1) is 14.6. The molecular weight excluding hydrogens is 378 g/mol. The van der Waals surface area contributed by atoms with Crippen molar-refractivity contribution in [1.82, 2.24) is 0 Å². The number of likely N-dealkylation sites (N-methyl/N-ethyl adjacent to an activating group) is 1. The van der Waals surface area contributed by atoms with E-state index in [4.69, 9.17) is 9.47 Å². The molecule has 1 aliphatic heterocycles. The molecule has 0 saturated heterocycles.